The van der Waals surface area contributed by atoms with E-state index in [9.17, 15) is 9.59 Å². The van der Waals surface area contributed by atoms with Crippen LogP contribution in [0.25, 0.3) is 0 Å². The van der Waals surface area contributed by atoms with Crippen molar-refractivity contribution in [2.45, 2.75) is 103 Å². The summed E-state index contributed by atoms with van der Waals surface area (Å²) in [6.45, 7) is 13.4. The first-order valence-corrected chi connectivity index (χ1v) is 15.8. The van der Waals surface area contributed by atoms with E-state index in [1.807, 2.05) is 4.90 Å². The summed E-state index contributed by atoms with van der Waals surface area (Å²) in [6.07, 6.45) is 10.4. The molecule has 234 valence electrons. The molecule has 41 heavy (non-hydrogen) atoms. The molecule has 0 radical (unpaired) electrons. The van der Waals surface area contributed by atoms with Crippen LogP contribution in [0.1, 0.15) is 90.5 Å². The number of carbonyl (C=O) groups is 2. The Balaban J connectivity index is 0.00000294. The molecule has 0 aromatic heterocycles. The van der Waals surface area contributed by atoms with Crippen LogP contribution in [0.2, 0.25) is 0 Å². The van der Waals surface area contributed by atoms with Crippen LogP contribution in [-0.4, -0.2) is 84.0 Å². The van der Waals surface area contributed by atoms with Crippen molar-refractivity contribution in [1.29, 1.82) is 0 Å². The Morgan fingerprint density at radius 1 is 0.976 bits per heavy atom. The fraction of sp³-hybridized carbons (Fsp3) is 0.750. The summed E-state index contributed by atoms with van der Waals surface area (Å²) >= 11 is 0. The fourth-order valence-corrected chi connectivity index (χ4v) is 6.79. The number of carbonyl (C=O) groups excluding carboxylic acids is 2. The highest BCUT2D eigenvalue weighted by Crippen LogP contribution is 2.36. The summed E-state index contributed by atoms with van der Waals surface area (Å²) in [5.74, 6) is 1.73. The van der Waals surface area contributed by atoms with E-state index in [1.54, 1.807) is 0 Å². The van der Waals surface area contributed by atoms with Crippen molar-refractivity contribution in [2.75, 3.05) is 45.9 Å². The summed E-state index contributed by atoms with van der Waals surface area (Å²) in [4.78, 5) is 34.2. The summed E-state index contributed by atoms with van der Waals surface area (Å²) in [7, 11) is 0. The van der Waals surface area contributed by atoms with E-state index in [-0.39, 0.29) is 42.7 Å². The smallest absolute Gasteiger partial charge is 0.246 e. The first-order valence-electron chi connectivity index (χ1n) is 15.8. The molecule has 2 saturated heterocycles. The van der Waals surface area contributed by atoms with E-state index in [0.29, 0.717) is 31.9 Å². The van der Waals surface area contributed by atoms with Crippen LogP contribution in [0.5, 0.6) is 5.75 Å². The van der Waals surface area contributed by atoms with Crippen molar-refractivity contribution in [2.24, 2.45) is 5.92 Å². The summed E-state index contributed by atoms with van der Waals surface area (Å²) in [5.41, 5.74) is 0.565. The lowest BCUT2D eigenvalue weighted by molar-refractivity contribution is -0.162. The second-order valence-electron chi connectivity index (χ2n) is 11.9. The van der Waals surface area contributed by atoms with E-state index in [0.717, 1.165) is 64.3 Å². The molecule has 1 unspecified atom stereocenters. The van der Waals surface area contributed by atoms with Crippen LogP contribution in [0.4, 0.5) is 0 Å². The molecule has 2 heterocycles. The Bertz CT molecular complexity index is 914. The number of unbranched alkanes of at least 4 members (excludes halogenated alkanes) is 1. The number of piperazine rings is 1. The molecule has 3 aliphatic rings. The third-order valence-corrected chi connectivity index (χ3v) is 9.42. The van der Waals surface area contributed by atoms with Gasteiger partial charge >= 0.3 is 0 Å². The number of hydrogen-bond acceptors (Lipinski definition) is 5. The maximum absolute atomic E-state index is 13.8. The minimum atomic E-state index is -0.686. The maximum atomic E-state index is 13.8. The second-order valence-corrected chi connectivity index (χ2v) is 11.9. The number of halogens is 2. The zero-order valence-electron chi connectivity index (χ0n) is 25.6. The molecule has 1 saturated carbocycles. The van der Waals surface area contributed by atoms with E-state index in [1.165, 1.54) is 37.7 Å². The highest BCUT2D eigenvalue weighted by Gasteiger charge is 2.53. The van der Waals surface area contributed by atoms with Gasteiger partial charge in [0.1, 0.15) is 23.9 Å². The Morgan fingerprint density at radius 2 is 1.63 bits per heavy atom. The fourth-order valence-electron chi connectivity index (χ4n) is 6.79. The van der Waals surface area contributed by atoms with E-state index in [4.69, 9.17) is 4.74 Å². The lowest BCUT2D eigenvalue weighted by atomic mass is 9.79. The molecule has 1 spiro atoms. The predicted molar refractivity (Wildman–Crippen MR) is 171 cm³/mol. The molecule has 1 aromatic rings. The normalized spacial score (nSPS) is 21.4. The number of likely N-dealkylation sites (N-methyl/N-ethyl adjacent to an activating group) is 1. The Hall–Kier alpha value is -1.54. The van der Waals surface area contributed by atoms with Crippen LogP contribution in [-0.2, 0) is 16.1 Å². The molecule has 0 bridgehead atoms. The molecule has 9 heteroatoms. The van der Waals surface area contributed by atoms with E-state index >= 15 is 0 Å². The zero-order valence-corrected chi connectivity index (χ0v) is 27.2. The van der Waals surface area contributed by atoms with Gasteiger partial charge in [0, 0.05) is 32.7 Å². The first kappa shape index (κ1) is 35.7. The molecular weight excluding hydrogens is 559 g/mol. The minimum absolute atomic E-state index is 0. The Labute approximate surface area is 260 Å². The largest absolute Gasteiger partial charge is 0.492 e. The average molecular weight is 614 g/mol. The van der Waals surface area contributed by atoms with Crippen molar-refractivity contribution in [3.8, 4) is 5.75 Å². The SMILES string of the molecule is CCCCN1C(=O)C(CC2CCCCC2)NC(=O)C12CCN(Cc1ccc(OCCN(CC)CC)cc1)CC2.Cl.Cl. The van der Waals surface area contributed by atoms with Gasteiger partial charge in [-0.15, -0.1) is 24.8 Å². The predicted octanol–water partition coefficient (Wildman–Crippen LogP) is 5.68. The number of nitrogens with zero attached hydrogens (tertiary/aromatic N) is 3. The van der Waals surface area contributed by atoms with Gasteiger partial charge in [-0.25, -0.2) is 0 Å². The number of hydrogen-bond donors (Lipinski definition) is 1. The lowest BCUT2D eigenvalue weighted by Crippen LogP contribution is -2.73. The molecule has 7 nitrogen and oxygen atoms in total. The number of amides is 2. The van der Waals surface area contributed by atoms with Gasteiger partial charge in [-0.3, -0.25) is 14.5 Å². The summed E-state index contributed by atoms with van der Waals surface area (Å²) in [6, 6.07) is 8.09. The third-order valence-electron chi connectivity index (χ3n) is 9.42. The Morgan fingerprint density at radius 3 is 2.24 bits per heavy atom. The number of ether oxygens (including phenoxy) is 1. The minimum Gasteiger partial charge on any atom is -0.492 e. The Kier molecular flexibility index (Phi) is 15.3. The molecule has 3 fully saturated rings. The number of likely N-dealkylation sites (tertiary alicyclic amines) is 1. The summed E-state index contributed by atoms with van der Waals surface area (Å²) in [5, 5.41) is 3.22. The van der Waals surface area contributed by atoms with Crippen LogP contribution >= 0.6 is 24.8 Å². The maximum Gasteiger partial charge on any atom is 0.246 e. The molecule has 4 rings (SSSR count). The van der Waals surface area contributed by atoms with Gasteiger partial charge in [0.2, 0.25) is 11.8 Å². The molecule has 1 aliphatic carbocycles. The monoisotopic (exact) mass is 612 g/mol. The second kappa shape index (κ2) is 17.5. The van der Waals surface area contributed by atoms with Crippen LogP contribution in [0.15, 0.2) is 24.3 Å². The highest BCUT2D eigenvalue weighted by molar-refractivity contribution is 6.00. The zero-order chi connectivity index (χ0) is 27.7. The standard InChI is InChI=1S/C32H52N4O3.2ClH/c1-4-7-19-36-30(37)29(24-26-11-9-8-10-12-26)33-31(38)32(36)17-20-35(21-18-32)25-27-13-15-28(16-14-27)39-23-22-34(5-2)6-3;;/h13-16,26,29H,4-12,17-25H2,1-3H3,(H,33,38);2*1H. The van der Waals surface area contributed by atoms with Crippen molar-refractivity contribution >= 4 is 36.6 Å². The van der Waals surface area contributed by atoms with Gasteiger partial charge in [-0.2, -0.15) is 0 Å². The number of rotatable bonds is 13. The van der Waals surface area contributed by atoms with Crippen molar-refractivity contribution < 1.29 is 14.3 Å². The quantitative estimate of drug-likeness (QED) is 0.310. The molecular formula is C32H54Cl2N4O3. The van der Waals surface area contributed by atoms with Gasteiger partial charge in [-0.05, 0) is 62.4 Å². The highest BCUT2D eigenvalue weighted by atomic mass is 35.5. The van der Waals surface area contributed by atoms with Gasteiger partial charge in [0.05, 0.1) is 0 Å². The lowest BCUT2D eigenvalue weighted by Gasteiger charge is -2.52. The van der Waals surface area contributed by atoms with Gasteiger partial charge in [0.15, 0.2) is 0 Å². The molecule has 1 N–H and O–H groups in total. The third kappa shape index (κ3) is 9.22. The number of benzene rings is 1. The topological polar surface area (TPSA) is 65.1 Å². The van der Waals surface area contributed by atoms with Gasteiger partial charge < -0.3 is 19.9 Å². The van der Waals surface area contributed by atoms with Crippen LogP contribution in [0, 0.1) is 5.92 Å². The van der Waals surface area contributed by atoms with Crippen molar-refractivity contribution in [3.63, 3.8) is 0 Å². The molecule has 2 amide bonds. The van der Waals surface area contributed by atoms with E-state index < -0.39 is 5.54 Å². The number of piperidine rings is 1. The van der Waals surface area contributed by atoms with Gasteiger partial charge in [-0.1, -0.05) is 71.4 Å². The van der Waals surface area contributed by atoms with E-state index in [2.05, 4.69) is 60.2 Å². The molecule has 1 aromatic carbocycles. The van der Waals surface area contributed by atoms with Crippen molar-refractivity contribution in [3.05, 3.63) is 29.8 Å². The molecule has 2 aliphatic heterocycles. The first-order chi connectivity index (χ1) is 19.0. The van der Waals surface area contributed by atoms with Crippen LogP contribution < -0.4 is 10.1 Å². The van der Waals surface area contributed by atoms with Crippen LogP contribution in [0.3, 0.4) is 0 Å². The van der Waals surface area contributed by atoms with Crippen molar-refractivity contribution in [1.82, 2.24) is 20.0 Å². The average Bonchev–Trinajstić information content (AvgIpc) is 2.96. The number of nitrogens with one attached hydrogen (secondary N) is 1. The molecule has 1 atom stereocenters. The summed E-state index contributed by atoms with van der Waals surface area (Å²) < 4.78 is 5.95. The van der Waals surface area contributed by atoms with Gasteiger partial charge in [0.25, 0.3) is 0 Å².